The van der Waals surface area contributed by atoms with E-state index in [2.05, 4.69) is 0 Å². The topological polar surface area (TPSA) is 56.7 Å². The van der Waals surface area contributed by atoms with Crippen LogP contribution in [0.2, 0.25) is 0 Å². The maximum atomic E-state index is 10.0. The van der Waals surface area contributed by atoms with Crippen molar-refractivity contribution in [2.45, 2.75) is 32.5 Å². The summed E-state index contributed by atoms with van der Waals surface area (Å²) in [4.78, 5) is 1.30. The molecule has 2 aromatic carbocycles. The highest BCUT2D eigenvalue weighted by Crippen LogP contribution is 2.24. The molecule has 4 rings (SSSR count). The molecule has 1 saturated heterocycles. The average Bonchev–Trinajstić information content (AvgIpc) is 3.06. The number of benzene rings is 2. The van der Waals surface area contributed by atoms with Crippen molar-refractivity contribution in [2.24, 2.45) is 0 Å². The van der Waals surface area contributed by atoms with Crippen LogP contribution in [0.4, 0.5) is 0 Å². The lowest BCUT2D eigenvalue weighted by molar-refractivity contribution is -0.931. The Hall–Kier alpha value is -2.48. The summed E-state index contributed by atoms with van der Waals surface area (Å²) in [7, 11) is 0. The van der Waals surface area contributed by atoms with Crippen molar-refractivity contribution >= 4 is 12.2 Å². The molecule has 1 unspecified atom stereocenters. The zero-order valence-corrected chi connectivity index (χ0v) is 17.4. The van der Waals surface area contributed by atoms with Crippen LogP contribution in [0.15, 0.2) is 54.6 Å². The van der Waals surface area contributed by atoms with E-state index in [1.165, 1.54) is 4.90 Å². The summed E-state index contributed by atoms with van der Waals surface area (Å²) < 4.78 is 10.1. The normalized spacial score (nSPS) is 19.2. The smallest absolute Gasteiger partial charge is 0.207 e. The molecule has 29 heavy (non-hydrogen) atoms. The second-order valence-corrected chi connectivity index (χ2v) is 7.76. The first-order valence-corrected chi connectivity index (χ1v) is 10.6. The van der Waals surface area contributed by atoms with Crippen molar-refractivity contribution < 1.29 is 14.7 Å². The fraction of sp³-hybridized carbons (Fsp3) is 0.364. The number of ether oxygens (including phenoxy) is 1. The highest BCUT2D eigenvalue weighted by Gasteiger charge is 2.23. The van der Waals surface area contributed by atoms with Crippen molar-refractivity contribution in [2.75, 3.05) is 19.7 Å². The zero-order chi connectivity index (χ0) is 20.2. The Balaban J connectivity index is 1.74. The SMILES string of the molecule is CCOc1ccc(-n2c(-c3ccccc3)nn(C[NH+]3CCC[C@@H](O)C3)c2=S)cc1. The van der Waals surface area contributed by atoms with Crippen LogP contribution in [0.25, 0.3) is 17.1 Å². The Kier molecular flexibility index (Phi) is 6.08. The van der Waals surface area contributed by atoms with Gasteiger partial charge in [-0.15, -0.1) is 5.10 Å². The second kappa shape index (κ2) is 8.90. The lowest BCUT2D eigenvalue weighted by Crippen LogP contribution is -3.13. The molecule has 1 aliphatic heterocycles. The lowest BCUT2D eigenvalue weighted by atomic mass is 10.1. The summed E-state index contributed by atoms with van der Waals surface area (Å²) in [6.07, 6.45) is 1.66. The van der Waals surface area contributed by atoms with Crippen molar-refractivity contribution in [3.05, 3.63) is 59.4 Å². The van der Waals surface area contributed by atoms with Crippen molar-refractivity contribution in [1.82, 2.24) is 14.3 Å². The van der Waals surface area contributed by atoms with Gasteiger partial charge in [0.15, 0.2) is 12.5 Å². The van der Waals surface area contributed by atoms with Crippen LogP contribution in [0, 0.1) is 4.77 Å². The van der Waals surface area contributed by atoms with Gasteiger partial charge in [0.2, 0.25) is 4.77 Å². The average molecular weight is 412 g/mol. The first-order valence-electron chi connectivity index (χ1n) is 10.2. The Morgan fingerprint density at radius 1 is 1.17 bits per heavy atom. The van der Waals surface area contributed by atoms with E-state index in [1.807, 2.05) is 70.8 Å². The molecule has 0 aliphatic carbocycles. The molecule has 7 heteroatoms. The third kappa shape index (κ3) is 4.42. The maximum absolute atomic E-state index is 10.0. The number of nitrogens with zero attached hydrogens (tertiary/aromatic N) is 3. The standard InChI is InChI=1S/C22H26N4O2S/c1-2-28-20-12-10-18(11-13-20)26-21(17-7-4-3-5-8-17)23-25(22(26)29)16-24-14-6-9-19(27)15-24/h3-5,7-8,10-13,19,27H,2,6,9,14-16H2,1H3/p+1/t19-/m1/s1. The van der Waals surface area contributed by atoms with Crippen LogP contribution >= 0.6 is 12.2 Å². The minimum absolute atomic E-state index is 0.241. The van der Waals surface area contributed by atoms with Crippen LogP contribution in [0.1, 0.15) is 19.8 Å². The largest absolute Gasteiger partial charge is 0.494 e. The molecule has 0 saturated carbocycles. The number of likely N-dealkylation sites (tertiary alicyclic amines) is 1. The van der Waals surface area contributed by atoms with E-state index >= 15 is 0 Å². The molecule has 1 fully saturated rings. The van der Waals surface area contributed by atoms with E-state index in [-0.39, 0.29) is 6.10 Å². The van der Waals surface area contributed by atoms with Gasteiger partial charge in [-0.25, -0.2) is 0 Å². The Labute approximate surface area is 176 Å². The van der Waals surface area contributed by atoms with Gasteiger partial charge in [-0.2, -0.15) is 4.68 Å². The van der Waals surface area contributed by atoms with Gasteiger partial charge in [0.25, 0.3) is 0 Å². The minimum Gasteiger partial charge on any atom is -0.494 e. The number of nitrogens with one attached hydrogen (secondary N) is 1. The van der Waals surface area contributed by atoms with Crippen LogP contribution in [0.5, 0.6) is 5.75 Å². The molecule has 0 amide bonds. The molecule has 6 nitrogen and oxygen atoms in total. The van der Waals surface area contributed by atoms with E-state index in [9.17, 15) is 5.11 Å². The van der Waals surface area contributed by atoms with Crippen LogP contribution in [-0.2, 0) is 6.67 Å². The fourth-order valence-electron chi connectivity index (χ4n) is 3.86. The van der Waals surface area contributed by atoms with Crippen molar-refractivity contribution in [3.63, 3.8) is 0 Å². The molecule has 0 radical (unpaired) electrons. The molecule has 3 aromatic rings. The summed E-state index contributed by atoms with van der Waals surface area (Å²) in [6.45, 7) is 5.02. The predicted octanol–water partition coefficient (Wildman–Crippen LogP) is 2.47. The molecule has 0 bridgehead atoms. The fourth-order valence-corrected chi connectivity index (χ4v) is 4.15. The van der Waals surface area contributed by atoms with Gasteiger partial charge in [0.05, 0.1) is 18.8 Å². The third-order valence-electron chi connectivity index (χ3n) is 5.24. The number of piperidine rings is 1. The molecule has 2 heterocycles. The van der Waals surface area contributed by atoms with Gasteiger partial charge in [-0.1, -0.05) is 30.3 Å². The number of aliphatic hydroxyl groups is 1. The first-order chi connectivity index (χ1) is 14.2. The highest BCUT2D eigenvalue weighted by molar-refractivity contribution is 7.71. The quantitative estimate of drug-likeness (QED) is 0.612. The Morgan fingerprint density at radius 2 is 1.93 bits per heavy atom. The molecular formula is C22H27N4O2S+. The monoisotopic (exact) mass is 411 g/mol. The van der Waals surface area contributed by atoms with Crippen LogP contribution < -0.4 is 9.64 Å². The molecule has 152 valence electrons. The summed E-state index contributed by atoms with van der Waals surface area (Å²) in [6, 6.07) is 18.0. The first kappa shape index (κ1) is 19.8. The molecule has 1 aromatic heterocycles. The van der Waals surface area contributed by atoms with E-state index in [0.717, 1.165) is 48.8 Å². The van der Waals surface area contributed by atoms with Crippen LogP contribution in [0.3, 0.4) is 0 Å². The van der Waals surface area contributed by atoms with Gasteiger partial charge in [0.1, 0.15) is 18.4 Å². The molecule has 2 atom stereocenters. The van der Waals surface area contributed by atoms with E-state index in [4.69, 9.17) is 22.1 Å². The summed E-state index contributed by atoms with van der Waals surface area (Å²) in [5.41, 5.74) is 1.97. The number of hydrogen-bond donors (Lipinski definition) is 2. The Bertz CT molecular complexity index is 998. The summed E-state index contributed by atoms with van der Waals surface area (Å²) in [5, 5.41) is 14.9. The van der Waals surface area contributed by atoms with E-state index in [0.29, 0.717) is 18.0 Å². The van der Waals surface area contributed by atoms with Gasteiger partial charge in [-0.3, -0.25) is 4.57 Å². The predicted molar refractivity (Wildman–Crippen MR) is 115 cm³/mol. The number of hydrogen-bond acceptors (Lipinski definition) is 4. The van der Waals surface area contributed by atoms with Crippen molar-refractivity contribution in [1.29, 1.82) is 0 Å². The van der Waals surface area contributed by atoms with E-state index < -0.39 is 0 Å². The second-order valence-electron chi connectivity index (χ2n) is 7.39. The van der Waals surface area contributed by atoms with Gasteiger partial charge in [-0.05, 0) is 56.2 Å². The van der Waals surface area contributed by atoms with Gasteiger partial charge < -0.3 is 14.7 Å². The molecule has 2 N–H and O–H groups in total. The third-order valence-corrected chi connectivity index (χ3v) is 5.64. The van der Waals surface area contributed by atoms with Gasteiger partial charge in [0, 0.05) is 5.56 Å². The van der Waals surface area contributed by atoms with Crippen molar-refractivity contribution in [3.8, 4) is 22.8 Å². The number of aromatic nitrogens is 3. The molecular weight excluding hydrogens is 384 g/mol. The summed E-state index contributed by atoms with van der Waals surface area (Å²) in [5.74, 6) is 1.65. The van der Waals surface area contributed by atoms with E-state index in [1.54, 1.807) is 0 Å². The molecule has 0 spiro atoms. The van der Waals surface area contributed by atoms with Gasteiger partial charge >= 0.3 is 0 Å². The number of aliphatic hydroxyl groups excluding tert-OH is 1. The number of rotatable bonds is 6. The Morgan fingerprint density at radius 3 is 2.62 bits per heavy atom. The highest BCUT2D eigenvalue weighted by atomic mass is 32.1. The lowest BCUT2D eigenvalue weighted by Gasteiger charge is -2.26. The number of quaternary nitrogens is 1. The summed E-state index contributed by atoms with van der Waals surface area (Å²) >= 11 is 5.83. The zero-order valence-electron chi connectivity index (χ0n) is 16.6. The van der Waals surface area contributed by atoms with Crippen LogP contribution in [-0.4, -0.2) is 45.3 Å². The molecule has 1 aliphatic rings. The minimum atomic E-state index is -0.241. The maximum Gasteiger partial charge on any atom is 0.207 e.